The van der Waals surface area contributed by atoms with Gasteiger partial charge in [-0.25, -0.2) is 13.9 Å². The molecule has 0 radical (unpaired) electrons. The molecule has 1 saturated heterocycles. The molecule has 0 saturated carbocycles. The number of aryl methyl sites for hydroxylation is 1. The summed E-state index contributed by atoms with van der Waals surface area (Å²) in [7, 11) is 0. The minimum absolute atomic E-state index is 0.163. The first-order valence-electron chi connectivity index (χ1n) is 13.2. The number of rotatable bonds is 8. The van der Waals surface area contributed by atoms with Gasteiger partial charge in [0.15, 0.2) is 11.5 Å². The van der Waals surface area contributed by atoms with Gasteiger partial charge in [-0.1, -0.05) is 0 Å². The van der Waals surface area contributed by atoms with Crippen LogP contribution in [0, 0.1) is 12.7 Å². The minimum Gasteiger partial charge on any atom is -0.406 e. The van der Waals surface area contributed by atoms with Gasteiger partial charge < -0.3 is 20.1 Å². The second-order valence-corrected chi connectivity index (χ2v) is 9.87. The Balaban J connectivity index is 1.30. The lowest BCUT2D eigenvalue weighted by molar-refractivity contribution is -0.274. The highest BCUT2D eigenvalue weighted by atomic mass is 19.4. The maximum Gasteiger partial charge on any atom is 0.573 e. The van der Waals surface area contributed by atoms with Crippen LogP contribution in [0.1, 0.15) is 34.6 Å². The summed E-state index contributed by atoms with van der Waals surface area (Å²) in [5.41, 5.74) is 1.78. The lowest BCUT2D eigenvalue weighted by Gasteiger charge is -2.25. The number of hydrogen-bond acceptors (Lipinski definition) is 8. The van der Waals surface area contributed by atoms with Gasteiger partial charge in [0.25, 0.3) is 5.91 Å². The molecule has 4 heterocycles. The number of anilines is 1. The second kappa shape index (κ2) is 12.3. The van der Waals surface area contributed by atoms with E-state index < -0.39 is 29.9 Å². The minimum atomic E-state index is -4.95. The molecule has 11 nitrogen and oxygen atoms in total. The number of nitrogens with one attached hydrogen (secondary N) is 2. The Morgan fingerprint density at radius 3 is 2.65 bits per heavy atom. The summed E-state index contributed by atoms with van der Waals surface area (Å²) < 4.78 is 62.9. The van der Waals surface area contributed by atoms with Crippen molar-refractivity contribution in [3.8, 4) is 17.0 Å². The summed E-state index contributed by atoms with van der Waals surface area (Å²) >= 11 is 0. The van der Waals surface area contributed by atoms with E-state index in [1.54, 1.807) is 31.3 Å². The van der Waals surface area contributed by atoms with Crippen molar-refractivity contribution in [1.29, 1.82) is 0 Å². The number of carbonyl (C=O) groups excluding carboxylic acids is 2. The lowest BCUT2D eigenvalue weighted by Crippen LogP contribution is -2.41. The van der Waals surface area contributed by atoms with Crippen LogP contribution in [-0.2, 0) is 9.53 Å². The van der Waals surface area contributed by atoms with Crippen molar-refractivity contribution in [1.82, 2.24) is 29.8 Å². The van der Waals surface area contributed by atoms with Crippen LogP contribution in [0.25, 0.3) is 16.9 Å². The molecule has 2 amide bonds. The normalized spacial score (nSPS) is 14.8. The quantitative estimate of drug-likeness (QED) is 0.292. The van der Waals surface area contributed by atoms with Crippen molar-refractivity contribution in [3.05, 3.63) is 71.4 Å². The highest BCUT2D eigenvalue weighted by Crippen LogP contribution is 2.28. The van der Waals surface area contributed by atoms with Crippen LogP contribution >= 0.6 is 0 Å². The van der Waals surface area contributed by atoms with E-state index >= 15 is 0 Å². The topological polar surface area (TPSA) is 123 Å². The third-order valence-electron chi connectivity index (χ3n) is 6.70. The molecule has 5 rings (SSSR count). The fourth-order valence-electron chi connectivity index (χ4n) is 4.55. The molecule has 0 bridgehead atoms. The van der Waals surface area contributed by atoms with Crippen molar-refractivity contribution in [3.63, 3.8) is 0 Å². The van der Waals surface area contributed by atoms with Crippen molar-refractivity contribution >= 4 is 23.3 Å². The number of halogens is 4. The zero-order valence-electron chi connectivity index (χ0n) is 23.1. The Kier molecular flexibility index (Phi) is 8.54. The van der Waals surface area contributed by atoms with Crippen LogP contribution in [0.2, 0.25) is 0 Å². The highest BCUT2D eigenvalue weighted by Gasteiger charge is 2.31. The predicted molar refractivity (Wildman–Crippen MR) is 146 cm³/mol. The Morgan fingerprint density at radius 2 is 1.91 bits per heavy atom. The number of morpholine rings is 1. The number of aromatic nitrogens is 4. The Labute approximate surface area is 242 Å². The summed E-state index contributed by atoms with van der Waals surface area (Å²) in [6.45, 7) is 5.78. The third kappa shape index (κ3) is 7.42. The lowest BCUT2D eigenvalue weighted by atomic mass is 10.0. The summed E-state index contributed by atoms with van der Waals surface area (Å²) in [5.74, 6) is -1.91. The number of amides is 2. The number of hydrogen-bond donors (Lipinski definition) is 2. The molecule has 15 heteroatoms. The van der Waals surface area contributed by atoms with E-state index in [4.69, 9.17) is 4.74 Å². The standard InChI is InChI=1S/C28H27F4N7O4/c1-16-21(27(41)34-17(2)20-12-19(3-4-22(20)29)43-28(30,31)32)11-18(13-33-16)23-5-6-25-35-24(14-39(25)37-23)36-26(40)15-38-7-9-42-10-8-38/h3-6,11-14,17H,7-10,15H2,1-2H3,(H,34,41)(H,36,40)/t17-/m1/s1. The molecule has 1 aliphatic heterocycles. The Hall–Kier alpha value is -4.63. The third-order valence-corrected chi connectivity index (χ3v) is 6.70. The van der Waals surface area contributed by atoms with E-state index in [0.29, 0.717) is 54.7 Å². The largest absolute Gasteiger partial charge is 0.573 e. The van der Waals surface area contributed by atoms with Gasteiger partial charge in [-0.2, -0.15) is 5.10 Å². The van der Waals surface area contributed by atoms with Crippen LogP contribution in [0.5, 0.6) is 5.75 Å². The summed E-state index contributed by atoms with van der Waals surface area (Å²) in [5, 5.41) is 9.90. The molecule has 1 aliphatic rings. The van der Waals surface area contributed by atoms with Gasteiger partial charge in [0.1, 0.15) is 11.6 Å². The molecule has 1 atom stereocenters. The zero-order valence-corrected chi connectivity index (χ0v) is 23.1. The number of ether oxygens (including phenoxy) is 2. The van der Waals surface area contributed by atoms with E-state index in [0.717, 1.165) is 18.2 Å². The molecular formula is C28H27F4N7O4. The van der Waals surface area contributed by atoms with Crippen LogP contribution < -0.4 is 15.4 Å². The van der Waals surface area contributed by atoms with Crippen LogP contribution in [0.4, 0.5) is 23.4 Å². The van der Waals surface area contributed by atoms with Crippen molar-refractivity contribution in [2.45, 2.75) is 26.3 Å². The SMILES string of the molecule is Cc1ncc(-c2ccc3nc(NC(=O)CN4CCOCC4)cn3n2)cc1C(=O)N[C@H](C)c1cc(OC(F)(F)F)ccc1F. The second-order valence-electron chi connectivity index (χ2n) is 9.87. The average Bonchev–Trinajstić information content (AvgIpc) is 3.35. The van der Waals surface area contributed by atoms with Gasteiger partial charge >= 0.3 is 6.36 Å². The van der Waals surface area contributed by atoms with E-state index in [2.05, 4.69) is 30.4 Å². The molecule has 3 aromatic heterocycles. The average molecular weight is 602 g/mol. The molecule has 0 unspecified atom stereocenters. The molecule has 43 heavy (non-hydrogen) atoms. The molecule has 0 aliphatic carbocycles. The number of carbonyl (C=O) groups is 2. The number of benzene rings is 1. The summed E-state index contributed by atoms with van der Waals surface area (Å²) in [4.78, 5) is 36.3. The van der Waals surface area contributed by atoms with E-state index in [1.807, 2.05) is 4.90 Å². The van der Waals surface area contributed by atoms with Gasteiger partial charge in [0, 0.05) is 30.4 Å². The van der Waals surface area contributed by atoms with Crippen LogP contribution in [0.15, 0.2) is 48.8 Å². The van der Waals surface area contributed by atoms with Crippen LogP contribution in [0.3, 0.4) is 0 Å². The maximum atomic E-state index is 14.4. The number of imidazole rings is 1. The first-order chi connectivity index (χ1) is 20.4. The number of fused-ring (bicyclic) bond motifs is 1. The first-order valence-corrected chi connectivity index (χ1v) is 13.2. The van der Waals surface area contributed by atoms with Gasteiger partial charge in [-0.05, 0) is 50.2 Å². The maximum absolute atomic E-state index is 14.4. The molecule has 1 aromatic carbocycles. The monoisotopic (exact) mass is 601 g/mol. The van der Waals surface area contributed by atoms with E-state index in [9.17, 15) is 27.2 Å². The Bertz CT molecular complexity index is 1650. The van der Waals surface area contributed by atoms with Crippen LogP contribution in [-0.4, -0.2) is 75.5 Å². The van der Waals surface area contributed by atoms with Gasteiger partial charge in [0.2, 0.25) is 5.91 Å². The van der Waals surface area contributed by atoms with Crippen molar-refractivity contribution in [2.75, 3.05) is 38.2 Å². The smallest absolute Gasteiger partial charge is 0.406 e. The predicted octanol–water partition coefficient (Wildman–Crippen LogP) is 3.90. The first kappa shape index (κ1) is 29.8. The number of alkyl halides is 3. The van der Waals surface area contributed by atoms with Gasteiger partial charge in [-0.3, -0.25) is 19.5 Å². The summed E-state index contributed by atoms with van der Waals surface area (Å²) in [6.07, 6.45) is -1.85. The zero-order chi connectivity index (χ0) is 30.7. The fraction of sp³-hybridized carbons (Fsp3) is 0.321. The van der Waals surface area contributed by atoms with Gasteiger partial charge in [0.05, 0.1) is 48.9 Å². The molecule has 0 spiro atoms. The molecule has 2 N–H and O–H groups in total. The van der Waals surface area contributed by atoms with E-state index in [-0.39, 0.29) is 23.6 Å². The van der Waals surface area contributed by atoms with Crippen molar-refractivity contribution in [2.24, 2.45) is 0 Å². The summed E-state index contributed by atoms with van der Waals surface area (Å²) in [6, 6.07) is 6.51. The molecule has 4 aromatic rings. The molecule has 226 valence electrons. The van der Waals surface area contributed by atoms with E-state index in [1.165, 1.54) is 17.6 Å². The number of nitrogens with zero attached hydrogens (tertiary/aromatic N) is 5. The van der Waals surface area contributed by atoms with Crippen molar-refractivity contribution < 1.29 is 36.6 Å². The van der Waals surface area contributed by atoms with Gasteiger partial charge in [-0.15, -0.1) is 13.2 Å². The fourth-order valence-corrected chi connectivity index (χ4v) is 4.55. The molecular weight excluding hydrogens is 574 g/mol. The number of pyridine rings is 1. The molecule has 1 fully saturated rings. The Morgan fingerprint density at radius 1 is 1.14 bits per heavy atom. The highest BCUT2D eigenvalue weighted by molar-refractivity contribution is 5.96.